The summed E-state index contributed by atoms with van der Waals surface area (Å²) in [6.45, 7) is 2.07. The number of nitrogens with zero attached hydrogens (tertiary/aromatic N) is 3. The minimum Gasteiger partial charge on any atom is -0.215 e. The van der Waals surface area contributed by atoms with Gasteiger partial charge in [0.15, 0.2) is 5.16 Å². The second kappa shape index (κ2) is 10.4. The number of hydrogen-bond acceptors (Lipinski definition) is 6. The van der Waals surface area contributed by atoms with E-state index in [2.05, 4.69) is 42.2 Å². The quantitative estimate of drug-likeness (QED) is 0.257. The summed E-state index contributed by atoms with van der Waals surface area (Å²) in [5.74, 6) is 2.47. The summed E-state index contributed by atoms with van der Waals surface area (Å²) in [6.07, 6.45) is 0. The molecule has 0 N–H and O–H groups in total. The van der Waals surface area contributed by atoms with Crippen LogP contribution in [-0.4, -0.2) is 15.7 Å². The first-order valence-corrected chi connectivity index (χ1v) is 11.5. The molecule has 27 heavy (non-hydrogen) atoms. The smallest absolute Gasteiger partial charge is 0.190 e. The van der Waals surface area contributed by atoms with Crippen molar-refractivity contribution in [1.82, 2.24) is 9.97 Å². The van der Waals surface area contributed by atoms with Crippen molar-refractivity contribution in [1.29, 1.82) is 5.26 Å². The lowest BCUT2D eigenvalue weighted by atomic mass is 10.2. The lowest BCUT2D eigenvalue weighted by Crippen LogP contribution is -1.99. The van der Waals surface area contributed by atoms with Gasteiger partial charge in [-0.15, -0.1) is 23.5 Å². The molecule has 3 nitrogen and oxygen atoms in total. The van der Waals surface area contributed by atoms with Gasteiger partial charge in [-0.25, -0.2) is 9.97 Å². The Balaban J connectivity index is 1.83. The minimum absolute atomic E-state index is 0.590. The minimum atomic E-state index is 0.590. The number of nitriles is 1. The lowest BCUT2D eigenvalue weighted by molar-refractivity contribution is 0.817. The average molecular weight is 410 g/mol. The maximum atomic E-state index is 9.66. The molecule has 136 valence electrons. The van der Waals surface area contributed by atoms with E-state index in [0.717, 1.165) is 32.5 Å². The van der Waals surface area contributed by atoms with Crippen molar-refractivity contribution < 1.29 is 0 Å². The van der Waals surface area contributed by atoms with Crippen LogP contribution < -0.4 is 0 Å². The van der Waals surface area contributed by atoms with Crippen molar-refractivity contribution in [2.24, 2.45) is 0 Å². The standard InChI is InChI=1S/C21H19N3S3/c1-2-25-19-18(13-22)20(26-14-16-9-5-3-6-10-16)24-21(23-19)27-15-17-11-7-4-8-12-17/h3-12H,2,14-15H2,1H3. The van der Waals surface area contributed by atoms with Crippen LogP contribution in [0.2, 0.25) is 0 Å². The van der Waals surface area contributed by atoms with Crippen LogP contribution in [0, 0.1) is 11.3 Å². The monoisotopic (exact) mass is 409 g/mol. The van der Waals surface area contributed by atoms with Gasteiger partial charge in [-0.3, -0.25) is 0 Å². The molecule has 2 aromatic carbocycles. The van der Waals surface area contributed by atoms with E-state index in [1.54, 1.807) is 35.3 Å². The van der Waals surface area contributed by atoms with Gasteiger partial charge in [0, 0.05) is 11.5 Å². The molecule has 3 rings (SSSR count). The van der Waals surface area contributed by atoms with E-state index in [9.17, 15) is 5.26 Å². The van der Waals surface area contributed by atoms with Crippen LogP contribution in [0.25, 0.3) is 0 Å². The summed E-state index contributed by atoms with van der Waals surface area (Å²) in [5, 5.41) is 11.9. The summed E-state index contributed by atoms with van der Waals surface area (Å²) in [7, 11) is 0. The number of rotatable bonds is 8. The zero-order chi connectivity index (χ0) is 18.9. The predicted molar refractivity (Wildman–Crippen MR) is 115 cm³/mol. The summed E-state index contributed by atoms with van der Waals surface area (Å²) < 4.78 is 0. The fourth-order valence-corrected chi connectivity index (χ4v) is 4.98. The third-order valence-corrected chi connectivity index (χ3v) is 6.47. The zero-order valence-electron chi connectivity index (χ0n) is 15.0. The molecule has 0 spiro atoms. The van der Waals surface area contributed by atoms with Crippen molar-refractivity contribution in [3.8, 4) is 6.07 Å². The molecule has 0 atom stereocenters. The van der Waals surface area contributed by atoms with Crippen LogP contribution >= 0.6 is 35.3 Å². The van der Waals surface area contributed by atoms with E-state index in [1.807, 2.05) is 36.4 Å². The summed E-state index contributed by atoms with van der Waals surface area (Å²) in [6, 6.07) is 22.8. The largest absolute Gasteiger partial charge is 0.215 e. The Morgan fingerprint density at radius 3 is 1.81 bits per heavy atom. The van der Waals surface area contributed by atoms with Gasteiger partial charge < -0.3 is 0 Å². The first-order valence-electron chi connectivity index (χ1n) is 8.58. The Morgan fingerprint density at radius 2 is 1.30 bits per heavy atom. The van der Waals surface area contributed by atoms with Gasteiger partial charge in [0.05, 0.1) is 0 Å². The first-order chi connectivity index (χ1) is 13.3. The zero-order valence-corrected chi connectivity index (χ0v) is 17.4. The molecule has 0 aliphatic rings. The molecule has 1 aromatic heterocycles. The molecular weight excluding hydrogens is 390 g/mol. The van der Waals surface area contributed by atoms with E-state index in [-0.39, 0.29) is 0 Å². The second-order valence-electron chi connectivity index (χ2n) is 5.58. The summed E-state index contributed by atoms with van der Waals surface area (Å²) >= 11 is 4.81. The van der Waals surface area contributed by atoms with Gasteiger partial charge in [-0.2, -0.15) is 5.26 Å². The van der Waals surface area contributed by atoms with E-state index in [4.69, 9.17) is 4.98 Å². The van der Waals surface area contributed by atoms with Crippen LogP contribution in [0.15, 0.2) is 75.9 Å². The maximum absolute atomic E-state index is 9.66. The first kappa shape index (κ1) is 19.8. The van der Waals surface area contributed by atoms with Gasteiger partial charge in [-0.05, 0) is 16.9 Å². The Labute approximate surface area is 173 Å². The van der Waals surface area contributed by atoms with Gasteiger partial charge in [0.1, 0.15) is 21.7 Å². The third-order valence-electron chi connectivity index (χ3n) is 3.64. The highest BCUT2D eigenvalue weighted by molar-refractivity contribution is 8.00. The second-order valence-corrected chi connectivity index (χ2v) is 8.74. The van der Waals surface area contributed by atoms with Crippen molar-refractivity contribution in [2.75, 3.05) is 5.75 Å². The molecule has 0 saturated heterocycles. The Hall–Kier alpha value is -1.94. The molecule has 0 saturated carbocycles. The van der Waals surface area contributed by atoms with Gasteiger partial charge >= 0.3 is 0 Å². The molecule has 0 bridgehead atoms. The van der Waals surface area contributed by atoms with Crippen LogP contribution in [0.3, 0.4) is 0 Å². The average Bonchev–Trinajstić information content (AvgIpc) is 2.72. The SMILES string of the molecule is CCSc1nc(SCc2ccccc2)nc(SCc2ccccc2)c1C#N. The van der Waals surface area contributed by atoms with E-state index < -0.39 is 0 Å². The van der Waals surface area contributed by atoms with Crippen LogP contribution in [0.4, 0.5) is 0 Å². The molecule has 0 aliphatic carbocycles. The highest BCUT2D eigenvalue weighted by Gasteiger charge is 2.15. The molecule has 6 heteroatoms. The molecule has 3 aromatic rings. The molecule has 0 unspecified atom stereocenters. The van der Waals surface area contributed by atoms with Crippen molar-refractivity contribution >= 4 is 35.3 Å². The Bertz CT molecular complexity index is 909. The lowest BCUT2D eigenvalue weighted by Gasteiger charge is -2.10. The van der Waals surface area contributed by atoms with Crippen LogP contribution in [0.1, 0.15) is 23.6 Å². The van der Waals surface area contributed by atoms with Gasteiger partial charge in [0.25, 0.3) is 0 Å². The maximum Gasteiger partial charge on any atom is 0.190 e. The summed E-state index contributed by atoms with van der Waals surface area (Å²) in [5.41, 5.74) is 3.04. The van der Waals surface area contributed by atoms with Crippen molar-refractivity contribution in [3.05, 3.63) is 77.4 Å². The summed E-state index contributed by atoms with van der Waals surface area (Å²) in [4.78, 5) is 9.34. The normalized spacial score (nSPS) is 10.5. The van der Waals surface area contributed by atoms with E-state index >= 15 is 0 Å². The number of thioether (sulfide) groups is 3. The molecule has 0 aliphatic heterocycles. The molecule has 0 amide bonds. The molecule has 0 radical (unpaired) electrons. The van der Waals surface area contributed by atoms with Crippen LogP contribution in [0.5, 0.6) is 0 Å². The van der Waals surface area contributed by atoms with Crippen LogP contribution in [-0.2, 0) is 11.5 Å². The fourth-order valence-electron chi connectivity index (χ4n) is 2.36. The topological polar surface area (TPSA) is 49.6 Å². The highest BCUT2D eigenvalue weighted by atomic mass is 32.2. The molecular formula is C21H19N3S3. The van der Waals surface area contributed by atoms with Crippen molar-refractivity contribution in [2.45, 2.75) is 33.6 Å². The highest BCUT2D eigenvalue weighted by Crippen LogP contribution is 2.33. The predicted octanol–water partition coefficient (Wildman–Crippen LogP) is 6.04. The fraction of sp³-hybridized carbons (Fsp3) is 0.190. The number of hydrogen-bond donors (Lipinski definition) is 0. The third kappa shape index (κ3) is 5.77. The number of aromatic nitrogens is 2. The number of benzene rings is 2. The van der Waals surface area contributed by atoms with Gasteiger partial charge in [0.2, 0.25) is 0 Å². The Morgan fingerprint density at radius 1 is 0.778 bits per heavy atom. The molecule has 0 fully saturated rings. The molecule has 1 heterocycles. The van der Waals surface area contributed by atoms with Crippen molar-refractivity contribution in [3.63, 3.8) is 0 Å². The van der Waals surface area contributed by atoms with Gasteiger partial charge in [-0.1, -0.05) is 79.3 Å². The van der Waals surface area contributed by atoms with E-state index in [1.165, 1.54) is 11.1 Å². The van der Waals surface area contributed by atoms with E-state index in [0.29, 0.717) is 5.56 Å². The Kier molecular flexibility index (Phi) is 7.64.